The Kier molecular flexibility index (Phi) is 9.31. The lowest BCUT2D eigenvalue weighted by Crippen LogP contribution is -2.53. The first-order valence-electron chi connectivity index (χ1n) is 11.4. The summed E-state index contributed by atoms with van der Waals surface area (Å²) in [6, 6.07) is 6.50. The Balaban J connectivity index is 1.82. The third-order valence-corrected chi connectivity index (χ3v) is 6.49. The molecule has 0 unspecified atom stereocenters. The van der Waals surface area contributed by atoms with E-state index in [0.29, 0.717) is 13.1 Å². The van der Waals surface area contributed by atoms with E-state index in [2.05, 4.69) is 60.7 Å². The molecular formula is C24H40N4O2. The van der Waals surface area contributed by atoms with Gasteiger partial charge in [-0.3, -0.25) is 19.4 Å². The summed E-state index contributed by atoms with van der Waals surface area (Å²) in [7, 11) is 0. The predicted molar refractivity (Wildman–Crippen MR) is 124 cm³/mol. The first-order valence-corrected chi connectivity index (χ1v) is 11.4. The topological polar surface area (TPSA) is 55.9 Å². The van der Waals surface area contributed by atoms with E-state index in [4.69, 9.17) is 0 Å². The van der Waals surface area contributed by atoms with Gasteiger partial charge in [0.25, 0.3) is 0 Å². The molecular weight excluding hydrogens is 376 g/mol. The Morgan fingerprint density at radius 2 is 1.50 bits per heavy atom. The van der Waals surface area contributed by atoms with Crippen LogP contribution in [0.25, 0.3) is 0 Å². The second-order valence-corrected chi connectivity index (χ2v) is 8.66. The molecule has 2 amide bonds. The van der Waals surface area contributed by atoms with Crippen LogP contribution in [0.3, 0.4) is 0 Å². The first kappa shape index (κ1) is 24.4. The molecule has 168 valence electrons. The number of amides is 2. The Hall–Kier alpha value is -1.92. The third kappa shape index (κ3) is 6.54. The zero-order chi connectivity index (χ0) is 22.3. The van der Waals surface area contributed by atoms with Gasteiger partial charge in [0.15, 0.2) is 0 Å². The lowest BCUT2D eigenvalue weighted by Gasteiger charge is -2.38. The SMILES string of the molecule is CC[C@H](C)N(C(=O)CN1CCN(CC(=O)Nc2cccc(C)c2C)CC1)[C@@H](C)CC. The van der Waals surface area contributed by atoms with E-state index in [1.54, 1.807) is 0 Å². The Labute approximate surface area is 182 Å². The number of hydrogen-bond acceptors (Lipinski definition) is 4. The van der Waals surface area contributed by atoms with E-state index < -0.39 is 0 Å². The largest absolute Gasteiger partial charge is 0.336 e. The lowest BCUT2D eigenvalue weighted by atomic mass is 10.1. The van der Waals surface area contributed by atoms with Crippen LogP contribution >= 0.6 is 0 Å². The van der Waals surface area contributed by atoms with E-state index in [1.165, 1.54) is 5.56 Å². The summed E-state index contributed by atoms with van der Waals surface area (Å²) in [6.07, 6.45) is 1.94. The fourth-order valence-electron chi connectivity index (χ4n) is 3.98. The molecule has 1 aliphatic heterocycles. The number of nitrogens with one attached hydrogen (secondary N) is 1. The number of rotatable bonds is 9. The molecule has 6 heteroatoms. The molecule has 0 spiro atoms. The standard InChI is InChI=1S/C24H40N4O2/c1-7-19(4)28(20(5)8-2)24(30)17-27-14-12-26(13-15-27)16-23(29)25-22-11-9-10-18(3)21(22)6/h9-11,19-20H,7-8,12-17H2,1-6H3,(H,25,29)/t19-,20-/m0/s1. The highest BCUT2D eigenvalue weighted by Gasteiger charge is 2.27. The number of carbonyl (C=O) groups is 2. The van der Waals surface area contributed by atoms with Crippen molar-refractivity contribution in [3.8, 4) is 0 Å². The maximum absolute atomic E-state index is 12.9. The van der Waals surface area contributed by atoms with Gasteiger partial charge >= 0.3 is 0 Å². The van der Waals surface area contributed by atoms with E-state index in [1.807, 2.05) is 19.1 Å². The highest BCUT2D eigenvalue weighted by atomic mass is 16.2. The minimum atomic E-state index is 0.0212. The van der Waals surface area contributed by atoms with Crippen LogP contribution in [0.2, 0.25) is 0 Å². The van der Waals surface area contributed by atoms with Gasteiger partial charge in [0, 0.05) is 44.0 Å². The number of benzene rings is 1. The van der Waals surface area contributed by atoms with E-state index in [0.717, 1.165) is 50.3 Å². The van der Waals surface area contributed by atoms with Gasteiger partial charge in [-0.1, -0.05) is 26.0 Å². The smallest absolute Gasteiger partial charge is 0.238 e. The van der Waals surface area contributed by atoms with Crippen molar-refractivity contribution in [1.82, 2.24) is 14.7 Å². The molecule has 30 heavy (non-hydrogen) atoms. The molecule has 1 heterocycles. The summed E-state index contributed by atoms with van der Waals surface area (Å²) >= 11 is 0. The van der Waals surface area contributed by atoms with Crippen molar-refractivity contribution in [1.29, 1.82) is 0 Å². The van der Waals surface area contributed by atoms with Gasteiger partial charge in [0.05, 0.1) is 13.1 Å². The molecule has 2 rings (SSSR count). The van der Waals surface area contributed by atoms with E-state index in [-0.39, 0.29) is 23.9 Å². The van der Waals surface area contributed by atoms with Crippen LogP contribution < -0.4 is 5.32 Å². The molecule has 0 aromatic heterocycles. The molecule has 1 aromatic rings. The number of piperazine rings is 1. The summed E-state index contributed by atoms with van der Waals surface area (Å²) in [4.78, 5) is 31.9. The van der Waals surface area contributed by atoms with Gasteiger partial charge in [-0.05, 0) is 57.7 Å². The van der Waals surface area contributed by atoms with Crippen LogP contribution in [0.1, 0.15) is 51.7 Å². The summed E-state index contributed by atoms with van der Waals surface area (Å²) in [6.45, 7) is 16.7. The van der Waals surface area contributed by atoms with Crippen molar-refractivity contribution in [2.75, 3.05) is 44.6 Å². The number of anilines is 1. The minimum absolute atomic E-state index is 0.0212. The Morgan fingerprint density at radius 3 is 2.03 bits per heavy atom. The normalized spacial score (nSPS) is 17.4. The van der Waals surface area contributed by atoms with Crippen LogP contribution in [0.15, 0.2) is 18.2 Å². The summed E-state index contributed by atoms with van der Waals surface area (Å²) in [5.41, 5.74) is 3.18. The molecule has 0 saturated carbocycles. The van der Waals surface area contributed by atoms with Gasteiger partial charge in [-0.15, -0.1) is 0 Å². The summed E-state index contributed by atoms with van der Waals surface area (Å²) in [5, 5.41) is 3.04. The van der Waals surface area contributed by atoms with Crippen LogP contribution in [-0.4, -0.2) is 77.9 Å². The molecule has 1 N–H and O–H groups in total. The van der Waals surface area contributed by atoms with Gasteiger partial charge in [-0.25, -0.2) is 0 Å². The van der Waals surface area contributed by atoms with Crippen LogP contribution in [-0.2, 0) is 9.59 Å². The number of carbonyl (C=O) groups excluding carboxylic acids is 2. The minimum Gasteiger partial charge on any atom is -0.336 e. The lowest BCUT2D eigenvalue weighted by molar-refractivity contribution is -0.137. The Bertz CT molecular complexity index is 703. The van der Waals surface area contributed by atoms with Gasteiger partial charge in [0.2, 0.25) is 11.8 Å². The summed E-state index contributed by atoms with van der Waals surface area (Å²) in [5.74, 6) is 0.243. The quantitative estimate of drug-likeness (QED) is 0.671. The molecule has 0 bridgehead atoms. The monoisotopic (exact) mass is 416 g/mol. The van der Waals surface area contributed by atoms with Crippen molar-refractivity contribution < 1.29 is 9.59 Å². The number of hydrogen-bond donors (Lipinski definition) is 1. The van der Waals surface area contributed by atoms with Crippen LogP contribution in [0, 0.1) is 13.8 Å². The predicted octanol–water partition coefficient (Wildman–Crippen LogP) is 3.29. The Morgan fingerprint density at radius 1 is 0.967 bits per heavy atom. The second kappa shape index (κ2) is 11.5. The van der Waals surface area contributed by atoms with Crippen LogP contribution in [0.5, 0.6) is 0 Å². The molecule has 6 nitrogen and oxygen atoms in total. The summed E-state index contributed by atoms with van der Waals surface area (Å²) < 4.78 is 0. The fraction of sp³-hybridized carbons (Fsp3) is 0.667. The molecule has 0 radical (unpaired) electrons. The highest BCUT2D eigenvalue weighted by molar-refractivity contribution is 5.93. The molecule has 1 fully saturated rings. The van der Waals surface area contributed by atoms with Crippen LogP contribution in [0.4, 0.5) is 5.69 Å². The molecule has 1 aliphatic rings. The first-order chi connectivity index (χ1) is 14.3. The number of nitrogens with zero attached hydrogens (tertiary/aromatic N) is 3. The maximum atomic E-state index is 12.9. The van der Waals surface area contributed by atoms with Crippen molar-refractivity contribution in [3.63, 3.8) is 0 Å². The maximum Gasteiger partial charge on any atom is 0.238 e. The zero-order valence-corrected chi connectivity index (χ0v) is 19.7. The van der Waals surface area contributed by atoms with Gasteiger partial charge < -0.3 is 10.2 Å². The van der Waals surface area contributed by atoms with E-state index in [9.17, 15) is 9.59 Å². The van der Waals surface area contributed by atoms with E-state index >= 15 is 0 Å². The van der Waals surface area contributed by atoms with Gasteiger partial charge in [0.1, 0.15) is 0 Å². The second-order valence-electron chi connectivity index (χ2n) is 8.66. The highest BCUT2D eigenvalue weighted by Crippen LogP contribution is 2.18. The average Bonchev–Trinajstić information content (AvgIpc) is 2.72. The molecule has 1 aromatic carbocycles. The molecule has 0 aliphatic carbocycles. The van der Waals surface area contributed by atoms with Crippen molar-refractivity contribution in [2.45, 2.75) is 66.5 Å². The van der Waals surface area contributed by atoms with Crippen molar-refractivity contribution >= 4 is 17.5 Å². The average molecular weight is 417 g/mol. The fourth-order valence-corrected chi connectivity index (χ4v) is 3.98. The molecule has 1 saturated heterocycles. The van der Waals surface area contributed by atoms with Crippen molar-refractivity contribution in [2.24, 2.45) is 0 Å². The van der Waals surface area contributed by atoms with Crippen molar-refractivity contribution in [3.05, 3.63) is 29.3 Å². The zero-order valence-electron chi connectivity index (χ0n) is 19.7. The van der Waals surface area contributed by atoms with Gasteiger partial charge in [-0.2, -0.15) is 0 Å². The number of aryl methyl sites for hydroxylation is 1. The third-order valence-electron chi connectivity index (χ3n) is 6.49. The molecule has 2 atom stereocenters.